The van der Waals surface area contributed by atoms with Crippen molar-refractivity contribution in [3.05, 3.63) is 18.2 Å². The molecule has 0 saturated heterocycles. The Kier molecular flexibility index (Phi) is 4.92. The lowest BCUT2D eigenvalue weighted by Crippen LogP contribution is -2.57. The molecular weight excluding hydrogens is 294 g/mol. The lowest BCUT2D eigenvalue weighted by molar-refractivity contribution is 0.00637. The highest BCUT2D eigenvalue weighted by molar-refractivity contribution is 7.89. The average Bonchev–Trinajstić information content (AvgIpc) is 2.35. The fourth-order valence-electron chi connectivity index (χ4n) is 1.51. The summed E-state index contributed by atoms with van der Waals surface area (Å²) in [5, 5.41) is 10.1. The Morgan fingerprint density at radius 3 is 2.10 bits per heavy atom. The van der Waals surface area contributed by atoms with Gasteiger partial charge in [0, 0.05) is 6.07 Å². The summed E-state index contributed by atoms with van der Waals surface area (Å²) in [4.78, 5) is -0.0110. The summed E-state index contributed by atoms with van der Waals surface area (Å²) >= 11 is 0. The Balaban J connectivity index is 3.26. The number of methoxy groups -OCH3 is 2. The van der Waals surface area contributed by atoms with Crippen molar-refractivity contribution in [2.24, 2.45) is 0 Å². The van der Waals surface area contributed by atoms with E-state index in [2.05, 4.69) is 4.72 Å². The first-order chi connectivity index (χ1) is 9.44. The van der Waals surface area contributed by atoms with Crippen LogP contribution in [-0.2, 0) is 10.0 Å². The van der Waals surface area contributed by atoms with Gasteiger partial charge in [0.25, 0.3) is 0 Å². The van der Waals surface area contributed by atoms with Gasteiger partial charge in [-0.2, -0.15) is 0 Å². The summed E-state index contributed by atoms with van der Waals surface area (Å²) in [5.41, 5.74) is -2.30. The molecule has 2 N–H and O–H groups in total. The quantitative estimate of drug-likeness (QED) is 0.831. The van der Waals surface area contributed by atoms with Gasteiger partial charge in [-0.15, -0.1) is 0 Å². The molecule has 1 aromatic carbocycles. The molecule has 0 aromatic heterocycles. The minimum absolute atomic E-state index is 0.0110. The number of aliphatic hydroxyl groups is 1. The molecule has 0 spiro atoms. The minimum atomic E-state index is -3.86. The van der Waals surface area contributed by atoms with Crippen LogP contribution >= 0.6 is 0 Å². The summed E-state index contributed by atoms with van der Waals surface area (Å²) in [6.07, 6.45) is 0. The number of rotatable bonds is 6. The molecule has 1 rings (SSSR count). The number of sulfonamides is 1. The van der Waals surface area contributed by atoms with Crippen LogP contribution in [0.2, 0.25) is 0 Å². The molecule has 1 aromatic rings. The van der Waals surface area contributed by atoms with E-state index >= 15 is 0 Å². The van der Waals surface area contributed by atoms with E-state index in [1.165, 1.54) is 32.4 Å². The van der Waals surface area contributed by atoms with Crippen LogP contribution in [-0.4, -0.2) is 38.9 Å². The van der Waals surface area contributed by atoms with Crippen molar-refractivity contribution in [3.8, 4) is 11.5 Å². The number of hydrogen-bond donors (Lipinski definition) is 2. The van der Waals surface area contributed by atoms with Gasteiger partial charge in [-0.05, 0) is 39.8 Å². The number of hydrogen-bond acceptors (Lipinski definition) is 5. The van der Waals surface area contributed by atoms with Gasteiger partial charge < -0.3 is 14.6 Å². The van der Waals surface area contributed by atoms with Crippen LogP contribution < -0.4 is 14.2 Å². The second kappa shape index (κ2) is 5.82. The molecule has 120 valence electrons. The summed E-state index contributed by atoms with van der Waals surface area (Å²) in [6, 6.07) is 4.43. The molecule has 0 atom stereocenters. The largest absolute Gasteiger partial charge is 0.497 e. The third-order valence-electron chi connectivity index (χ3n) is 3.58. The lowest BCUT2D eigenvalue weighted by atomic mass is 9.87. The van der Waals surface area contributed by atoms with Crippen LogP contribution in [0.1, 0.15) is 27.7 Å². The molecule has 0 heterocycles. The molecule has 0 aliphatic carbocycles. The average molecular weight is 317 g/mol. The predicted molar refractivity (Wildman–Crippen MR) is 80.2 cm³/mol. The fourth-order valence-corrected chi connectivity index (χ4v) is 3.20. The van der Waals surface area contributed by atoms with E-state index in [9.17, 15) is 13.5 Å². The zero-order valence-corrected chi connectivity index (χ0v) is 14.0. The van der Waals surface area contributed by atoms with Crippen molar-refractivity contribution in [2.75, 3.05) is 14.2 Å². The maximum absolute atomic E-state index is 12.5. The molecule has 0 radical (unpaired) electrons. The summed E-state index contributed by atoms with van der Waals surface area (Å²) in [7, 11) is -0.991. The monoisotopic (exact) mass is 317 g/mol. The zero-order chi connectivity index (χ0) is 16.5. The predicted octanol–water partition coefficient (Wildman–Crippen LogP) is 1.53. The SMILES string of the molecule is COc1ccc(S(=O)(=O)NC(C)(C)C(C)(C)O)c(OC)c1. The summed E-state index contributed by atoms with van der Waals surface area (Å²) in [6.45, 7) is 6.31. The third-order valence-corrected chi connectivity index (χ3v) is 5.27. The number of ether oxygens (including phenoxy) is 2. The van der Waals surface area contributed by atoms with E-state index in [4.69, 9.17) is 9.47 Å². The molecule has 21 heavy (non-hydrogen) atoms. The molecule has 0 bridgehead atoms. The molecule has 7 heteroatoms. The molecule has 6 nitrogen and oxygen atoms in total. The molecule has 0 aliphatic heterocycles. The van der Waals surface area contributed by atoms with Crippen molar-refractivity contribution in [1.29, 1.82) is 0 Å². The van der Waals surface area contributed by atoms with Gasteiger partial charge in [-0.3, -0.25) is 0 Å². The molecule has 0 saturated carbocycles. The summed E-state index contributed by atoms with van der Waals surface area (Å²) in [5.74, 6) is 0.668. The van der Waals surface area contributed by atoms with E-state index in [-0.39, 0.29) is 10.6 Å². The number of benzene rings is 1. The van der Waals surface area contributed by atoms with E-state index in [1.54, 1.807) is 27.7 Å². The van der Waals surface area contributed by atoms with Gasteiger partial charge >= 0.3 is 0 Å². The molecule has 0 aliphatic rings. The highest BCUT2D eigenvalue weighted by Gasteiger charge is 2.39. The maximum Gasteiger partial charge on any atom is 0.244 e. The zero-order valence-electron chi connectivity index (χ0n) is 13.2. The van der Waals surface area contributed by atoms with Gasteiger partial charge in [0.1, 0.15) is 16.4 Å². The minimum Gasteiger partial charge on any atom is -0.497 e. The van der Waals surface area contributed by atoms with Crippen LogP contribution in [0.3, 0.4) is 0 Å². The van der Waals surface area contributed by atoms with E-state index in [0.29, 0.717) is 5.75 Å². The lowest BCUT2D eigenvalue weighted by Gasteiger charge is -2.37. The standard InChI is InChI=1S/C14H23NO5S/c1-13(2,14(3,4)16)15-21(17,18)12-8-7-10(19-5)9-11(12)20-6/h7-9,15-16H,1-6H3. The topological polar surface area (TPSA) is 84.9 Å². The first-order valence-corrected chi connectivity index (χ1v) is 7.91. The van der Waals surface area contributed by atoms with Crippen molar-refractivity contribution in [3.63, 3.8) is 0 Å². The van der Waals surface area contributed by atoms with Crippen molar-refractivity contribution < 1.29 is 23.0 Å². The van der Waals surface area contributed by atoms with E-state index in [1.807, 2.05) is 0 Å². The van der Waals surface area contributed by atoms with Crippen LogP contribution in [0.5, 0.6) is 11.5 Å². The summed E-state index contributed by atoms with van der Waals surface area (Å²) < 4.78 is 37.7. The van der Waals surface area contributed by atoms with Crippen LogP contribution in [0, 0.1) is 0 Å². The highest BCUT2D eigenvalue weighted by atomic mass is 32.2. The molecule has 0 unspecified atom stereocenters. The first-order valence-electron chi connectivity index (χ1n) is 6.43. The van der Waals surface area contributed by atoms with Crippen molar-refractivity contribution in [2.45, 2.75) is 43.7 Å². The Labute approximate surface area is 126 Å². The Morgan fingerprint density at radius 1 is 1.10 bits per heavy atom. The van der Waals surface area contributed by atoms with Crippen molar-refractivity contribution >= 4 is 10.0 Å². The van der Waals surface area contributed by atoms with E-state index < -0.39 is 21.2 Å². The van der Waals surface area contributed by atoms with Crippen LogP contribution in [0.4, 0.5) is 0 Å². The number of nitrogens with one attached hydrogen (secondary N) is 1. The Morgan fingerprint density at radius 2 is 1.67 bits per heavy atom. The fraction of sp³-hybridized carbons (Fsp3) is 0.571. The molecule has 0 amide bonds. The van der Waals surface area contributed by atoms with Gasteiger partial charge in [0.15, 0.2) is 0 Å². The van der Waals surface area contributed by atoms with Gasteiger partial charge in [-0.1, -0.05) is 0 Å². The molecule has 0 fully saturated rings. The normalized spacial score (nSPS) is 13.1. The highest BCUT2D eigenvalue weighted by Crippen LogP contribution is 2.30. The van der Waals surface area contributed by atoms with Gasteiger partial charge in [0.05, 0.1) is 25.4 Å². The van der Waals surface area contributed by atoms with E-state index in [0.717, 1.165) is 0 Å². The van der Waals surface area contributed by atoms with Crippen molar-refractivity contribution in [1.82, 2.24) is 4.72 Å². The second-order valence-electron chi connectivity index (χ2n) is 5.81. The van der Waals surface area contributed by atoms with Gasteiger partial charge in [0.2, 0.25) is 10.0 Å². The van der Waals surface area contributed by atoms with Gasteiger partial charge in [-0.25, -0.2) is 13.1 Å². The smallest absolute Gasteiger partial charge is 0.244 e. The first kappa shape index (κ1) is 17.7. The third kappa shape index (κ3) is 3.87. The Hall–Kier alpha value is -1.31. The molecular formula is C14H23NO5S. The second-order valence-corrected chi connectivity index (χ2v) is 7.46. The maximum atomic E-state index is 12.5. The van der Waals surface area contributed by atoms with Crippen LogP contribution in [0.25, 0.3) is 0 Å². The van der Waals surface area contributed by atoms with Crippen LogP contribution in [0.15, 0.2) is 23.1 Å². The Bertz CT molecular complexity index is 602.